The van der Waals surface area contributed by atoms with E-state index in [9.17, 15) is 14.7 Å². The van der Waals surface area contributed by atoms with Gasteiger partial charge >= 0.3 is 12.0 Å². The Morgan fingerprint density at radius 3 is 2.42 bits per heavy atom. The molecule has 1 unspecified atom stereocenters. The third-order valence-electron chi connectivity index (χ3n) is 4.13. The van der Waals surface area contributed by atoms with Crippen molar-refractivity contribution in [1.29, 1.82) is 0 Å². The lowest BCUT2D eigenvalue weighted by molar-refractivity contribution is -0.139. The first-order valence-electron chi connectivity index (χ1n) is 6.83. The fourth-order valence-electron chi connectivity index (χ4n) is 2.94. The molecule has 0 aromatic heterocycles. The van der Waals surface area contributed by atoms with Gasteiger partial charge in [-0.1, -0.05) is 0 Å². The van der Waals surface area contributed by atoms with E-state index >= 15 is 0 Å². The molecule has 3 N–H and O–H groups in total. The fraction of sp³-hybridized carbons (Fsp3) is 0.846. The first-order valence-corrected chi connectivity index (χ1v) is 6.83. The quantitative estimate of drug-likeness (QED) is 0.712. The number of carbonyl (C=O) groups is 2. The number of amides is 2. The summed E-state index contributed by atoms with van der Waals surface area (Å²) in [6.45, 7) is 2.65. The van der Waals surface area contributed by atoms with Gasteiger partial charge in [0, 0.05) is 6.54 Å². The largest absolute Gasteiger partial charge is 0.481 e. The zero-order chi connectivity index (χ0) is 14.1. The molecule has 1 heterocycles. The molecule has 6 nitrogen and oxygen atoms in total. The molecule has 2 amide bonds. The molecule has 108 valence electrons. The highest BCUT2D eigenvalue weighted by Crippen LogP contribution is 2.35. The molecule has 0 bridgehead atoms. The van der Waals surface area contributed by atoms with Crippen molar-refractivity contribution in [3.8, 4) is 0 Å². The van der Waals surface area contributed by atoms with Crippen LogP contribution in [-0.4, -0.2) is 51.3 Å². The summed E-state index contributed by atoms with van der Waals surface area (Å²) < 4.78 is 0. The minimum atomic E-state index is -0.884. The van der Waals surface area contributed by atoms with Crippen molar-refractivity contribution in [2.75, 3.05) is 13.1 Å². The zero-order valence-electron chi connectivity index (χ0n) is 11.3. The number of aliphatic hydroxyl groups is 1. The number of hydrogen-bond acceptors (Lipinski definition) is 3. The van der Waals surface area contributed by atoms with E-state index in [0.717, 1.165) is 25.7 Å². The number of aliphatic carboxylic acids is 1. The standard InChI is InChI=1S/C13H22N2O4/c1-12(19)4-3-7-15(9-12)11(18)14-13(5-2-6-13)8-10(16)17/h19H,2-9H2,1H3,(H,14,18)(H,16,17). The van der Waals surface area contributed by atoms with Crippen LogP contribution in [0.5, 0.6) is 0 Å². The Balaban J connectivity index is 1.94. The van der Waals surface area contributed by atoms with Crippen LogP contribution in [0, 0.1) is 0 Å². The molecule has 1 saturated heterocycles. The second-order valence-electron chi connectivity index (χ2n) is 6.16. The summed E-state index contributed by atoms with van der Waals surface area (Å²) in [6, 6.07) is -0.249. The molecule has 6 heteroatoms. The zero-order valence-corrected chi connectivity index (χ0v) is 11.3. The van der Waals surface area contributed by atoms with Crippen LogP contribution in [0.3, 0.4) is 0 Å². The van der Waals surface area contributed by atoms with Gasteiger partial charge in [0.05, 0.1) is 24.1 Å². The molecular formula is C13H22N2O4. The van der Waals surface area contributed by atoms with Crippen LogP contribution in [0.2, 0.25) is 0 Å². The van der Waals surface area contributed by atoms with E-state index < -0.39 is 17.1 Å². The van der Waals surface area contributed by atoms with E-state index in [0.29, 0.717) is 19.5 Å². The van der Waals surface area contributed by atoms with Gasteiger partial charge in [-0.25, -0.2) is 4.79 Å². The SMILES string of the molecule is CC1(O)CCCN(C(=O)NC2(CC(=O)O)CCC2)C1. The molecule has 19 heavy (non-hydrogen) atoms. The summed E-state index contributed by atoms with van der Waals surface area (Å²) in [6.07, 6.45) is 3.82. The maximum atomic E-state index is 12.2. The van der Waals surface area contributed by atoms with E-state index in [1.54, 1.807) is 11.8 Å². The number of carbonyl (C=O) groups excluding carboxylic acids is 1. The summed E-state index contributed by atoms with van der Waals surface area (Å²) in [4.78, 5) is 24.6. The lowest BCUT2D eigenvalue weighted by atomic mass is 9.74. The number of hydrogen-bond donors (Lipinski definition) is 3. The van der Waals surface area contributed by atoms with E-state index in [1.165, 1.54) is 0 Å². The summed E-state index contributed by atoms with van der Waals surface area (Å²) in [7, 11) is 0. The number of nitrogens with zero attached hydrogens (tertiary/aromatic N) is 1. The van der Waals surface area contributed by atoms with Crippen molar-refractivity contribution >= 4 is 12.0 Å². The first kappa shape index (κ1) is 14.1. The third kappa shape index (κ3) is 3.37. The van der Waals surface area contributed by atoms with Gasteiger partial charge in [-0.3, -0.25) is 4.79 Å². The first-order chi connectivity index (χ1) is 8.82. The number of piperidine rings is 1. The van der Waals surface area contributed by atoms with Crippen molar-refractivity contribution in [2.45, 2.75) is 56.6 Å². The number of likely N-dealkylation sites (tertiary alicyclic amines) is 1. The molecule has 1 aliphatic heterocycles. The number of rotatable bonds is 3. The molecule has 0 aromatic rings. The molecule has 1 atom stereocenters. The molecule has 2 aliphatic rings. The number of nitrogens with one attached hydrogen (secondary N) is 1. The Hall–Kier alpha value is -1.30. The maximum Gasteiger partial charge on any atom is 0.317 e. The van der Waals surface area contributed by atoms with Gasteiger partial charge in [0.1, 0.15) is 0 Å². The van der Waals surface area contributed by atoms with Crippen molar-refractivity contribution in [1.82, 2.24) is 10.2 Å². The van der Waals surface area contributed by atoms with E-state index in [-0.39, 0.29) is 12.5 Å². The average Bonchev–Trinajstić information content (AvgIpc) is 2.23. The number of carboxylic acids is 1. The van der Waals surface area contributed by atoms with Crippen LogP contribution in [0.25, 0.3) is 0 Å². The predicted molar refractivity (Wildman–Crippen MR) is 68.8 cm³/mol. The van der Waals surface area contributed by atoms with Crippen LogP contribution in [-0.2, 0) is 4.79 Å². The Kier molecular flexibility index (Phi) is 3.71. The molecule has 1 aliphatic carbocycles. The van der Waals surface area contributed by atoms with Crippen LogP contribution in [0.15, 0.2) is 0 Å². The smallest absolute Gasteiger partial charge is 0.317 e. The van der Waals surface area contributed by atoms with Crippen LogP contribution in [0.4, 0.5) is 4.79 Å². The predicted octanol–water partition coefficient (Wildman–Crippen LogP) is 0.940. The van der Waals surface area contributed by atoms with Crippen molar-refractivity contribution in [2.24, 2.45) is 0 Å². The number of β-amino-alcohol motifs (C(OH)–C–C–N with tert-alkyl or cyclic N) is 1. The minimum Gasteiger partial charge on any atom is -0.481 e. The Labute approximate surface area is 112 Å². The molecule has 1 saturated carbocycles. The molecular weight excluding hydrogens is 248 g/mol. The summed E-state index contributed by atoms with van der Waals surface area (Å²) in [5.74, 6) is -0.884. The second-order valence-corrected chi connectivity index (χ2v) is 6.16. The monoisotopic (exact) mass is 270 g/mol. The van der Waals surface area contributed by atoms with Gasteiger partial charge in [-0.2, -0.15) is 0 Å². The highest BCUT2D eigenvalue weighted by Gasteiger charge is 2.42. The summed E-state index contributed by atoms with van der Waals surface area (Å²) in [5, 5.41) is 21.8. The van der Waals surface area contributed by atoms with E-state index in [1.807, 2.05) is 0 Å². The van der Waals surface area contributed by atoms with Crippen LogP contribution in [0.1, 0.15) is 45.4 Å². The topological polar surface area (TPSA) is 89.9 Å². The molecule has 0 aromatic carbocycles. The molecule has 2 rings (SSSR count). The Morgan fingerprint density at radius 1 is 1.26 bits per heavy atom. The normalized spacial score (nSPS) is 29.5. The Morgan fingerprint density at radius 2 is 1.95 bits per heavy atom. The van der Waals surface area contributed by atoms with Gasteiger partial charge in [0.2, 0.25) is 0 Å². The number of urea groups is 1. The maximum absolute atomic E-state index is 12.2. The summed E-state index contributed by atoms with van der Waals surface area (Å²) >= 11 is 0. The van der Waals surface area contributed by atoms with Gasteiger partial charge in [-0.15, -0.1) is 0 Å². The van der Waals surface area contributed by atoms with Crippen molar-refractivity contribution < 1.29 is 19.8 Å². The van der Waals surface area contributed by atoms with Gasteiger partial charge < -0.3 is 20.4 Å². The fourth-order valence-corrected chi connectivity index (χ4v) is 2.94. The highest BCUT2D eigenvalue weighted by molar-refractivity contribution is 5.77. The lowest BCUT2D eigenvalue weighted by Gasteiger charge is -2.44. The van der Waals surface area contributed by atoms with Crippen molar-refractivity contribution in [3.05, 3.63) is 0 Å². The van der Waals surface area contributed by atoms with Gasteiger partial charge in [0.15, 0.2) is 0 Å². The average molecular weight is 270 g/mol. The Bertz CT molecular complexity index is 377. The van der Waals surface area contributed by atoms with Crippen molar-refractivity contribution in [3.63, 3.8) is 0 Å². The minimum absolute atomic E-state index is 0.0248. The van der Waals surface area contributed by atoms with Crippen LogP contribution < -0.4 is 5.32 Å². The second kappa shape index (κ2) is 5.00. The highest BCUT2D eigenvalue weighted by atomic mass is 16.4. The van der Waals surface area contributed by atoms with E-state index in [4.69, 9.17) is 5.11 Å². The molecule has 2 fully saturated rings. The molecule has 0 radical (unpaired) electrons. The van der Waals surface area contributed by atoms with Crippen LogP contribution >= 0.6 is 0 Å². The van der Waals surface area contributed by atoms with Gasteiger partial charge in [0.25, 0.3) is 0 Å². The van der Waals surface area contributed by atoms with Gasteiger partial charge in [-0.05, 0) is 39.0 Å². The van der Waals surface area contributed by atoms with E-state index in [2.05, 4.69) is 5.32 Å². The molecule has 0 spiro atoms. The summed E-state index contributed by atoms with van der Waals surface area (Å²) in [5.41, 5.74) is -1.42. The lowest BCUT2D eigenvalue weighted by Crippen LogP contribution is -2.60. The third-order valence-corrected chi connectivity index (χ3v) is 4.13. The number of carboxylic acid groups (broad SMARTS) is 1.